The lowest BCUT2D eigenvalue weighted by molar-refractivity contribution is -0.682. The molecule has 1 aliphatic heterocycles. The fraction of sp³-hybridized carbons (Fsp3) is 0.500. The molecule has 3 N–H and O–H groups in total. The summed E-state index contributed by atoms with van der Waals surface area (Å²) in [6.45, 7) is 2.23. The fourth-order valence-corrected chi connectivity index (χ4v) is 4.43. The highest BCUT2D eigenvalue weighted by molar-refractivity contribution is 7.91. The van der Waals surface area contributed by atoms with Crippen LogP contribution in [0.25, 0.3) is 0 Å². The lowest BCUT2D eigenvalue weighted by Gasteiger charge is -2.14. The molecule has 1 aromatic rings. The smallest absolute Gasteiger partial charge is 0.275 e. The Morgan fingerprint density at radius 3 is 2.81 bits per heavy atom. The molecule has 1 aromatic carbocycles. The van der Waals surface area contributed by atoms with Crippen molar-refractivity contribution in [2.24, 2.45) is 0 Å². The lowest BCUT2D eigenvalue weighted by atomic mass is 10.1. The van der Waals surface area contributed by atoms with E-state index in [1.54, 1.807) is 0 Å². The molecule has 21 heavy (non-hydrogen) atoms. The molecule has 1 saturated heterocycles. The summed E-state index contributed by atoms with van der Waals surface area (Å²) in [5, 5.41) is 5.35. The number of sulfone groups is 1. The van der Waals surface area contributed by atoms with Crippen molar-refractivity contribution in [3.63, 3.8) is 0 Å². The monoisotopic (exact) mass is 331 g/mol. The van der Waals surface area contributed by atoms with Crippen LogP contribution in [0.4, 0.5) is 0 Å². The normalized spacial score (nSPS) is 21.9. The van der Waals surface area contributed by atoms with Gasteiger partial charge in [-0.2, -0.15) is 0 Å². The first kappa shape index (κ1) is 16.3. The van der Waals surface area contributed by atoms with E-state index in [1.165, 1.54) is 0 Å². The first-order valence-electron chi connectivity index (χ1n) is 6.95. The molecule has 7 heteroatoms. The van der Waals surface area contributed by atoms with E-state index in [2.05, 4.69) is 5.32 Å². The fourth-order valence-electron chi connectivity index (χ4n) is 2.45. The van der Waals surface area contributed by atoms with Crippen LogP contribution in [0.1, 0.15) is 24.9 Å². The number of carbonyl (C=O) groups excluding carboxylic acids is 1. The molecule has 2 rings (SSSR count). The van der Waals surface area contributed by atoms with Crippen molar-refractivity contribution >= 4 is 27.3 Å². The number of benzene rings is 1. The minimum absolute atomic E-state index is 0.0544. The summed E-state index contributed by atoms with van der Waals surface area (Å²) < 4.78 is 22.7. The maximum absolute atomic E-state index is 11.9. The van der Waals surface area contributed by atoms with Crippen LogP contribution in [0.15, 0.2) is 24.3 Å². The van der Waals surface area contributed by atoms with Crippen LogP contribution >= 0.6 is 11.6 Å². The molecular weight excluding hydrogens is 312 g/mol. The van der Waals surface area contributed by atoms with Gasteiger partial charge >= 0.3 is 0 Å². The zero-order chi connectivity index (χ0) is 15.5. The topological polar surface area (TPSA) is 79.8 Å². The number of amides is 1. The molecule has 2 atom stereocenters. The molecule has 1 amide bonds. The molecule has 0 unspecified atom stereocenters. The Kier molecular flexibility index (Phi) is 5.24. The van der Waals surface area contributed by atoms with Gasteiger partial charge in [0.1, 0.15) is 6.04 Å². The average Bonchev–Trinajstić information content (AvgIpc) is 2.75. The maximum atomic E-state index is 11.9. The van der Waals surface area contributed by atoms with Gasteiger partial charge in [-0.3, -0.25) is 4.79 Å². The summed E-state index contributed by atoms with van der Waals surface area (Å²) in [5.41, 5.74) is 0.982. The van der Waals surface area contributed by atoms with Gasteiger partial charge in [0.2, 0.25) is 0 Å². The van der Waals surface area contributed by atoms with Gasteiger partial charge in [0.25, 0.3) is 5.91 Å². The molecule has 0 bridgehead atoms. The molecule has 0 spiro atoms. The van der Waals surface area contributed by atoms with Crippen LogP contribution in [0.3, 0.4) is 0 Å². The highest BCUT2D eigenvalue weighted by Crippen LogP contribution is 2.19. The largest absolute Gasteiger partial charge is 0.347 e. The molecule has 0 radical (unpaired) electrons. The molecular formula is C14H20ClN2O3S+. The van der Waals surface area contributed by atoms with Crippen LogP contribution in [-0.4, -0.2) is 38.4 Å². The second kappa shape index (κ2) is 6.77. The maximum Gasteiger partial charge on any atom is 0.275 e. The first-order chi connectivity index (χ1) is 9.87. The predicted octanol–water partition coefficient (Wildman–Crippen LogP) is 0.268. The van der Waals surface area contributed by atoms with Crippen LogP contribution in [0, 0.1) is 0 Å². The van der Waals surface area contributed by atoms with Crippen molar-refractivity contribution in [2.75, 3.05) is 18.1 Å². The number of nitrogens with two attached hydrogens (primary N) is 1. The van der Waals surface area contributed by atoms with Gasteiger partial charge in [0.05, 0.1) is 11.5 Å². The summed E-state index contributed by atoms with van der Waals surface area (Å²) in [7, 11) is -2.96. The Labute approximate surface area is 130 Å². The predicted molar refractivity (Wildman–Crippen MR) is 81.9 cm³/mol. The van der Waals surface area contributed by atoms with Crippen LogP contribution in [-0.2, 0) is 14.6 Å². The quantitative estimate of drug-likeness (QED) is 0.812. The van der Waals surface area contributed by atoms with Crippen molar-refractivity contribution in [2.45, 2.75) is 25.4 Å². The molecule has 116 valence electrons. The molecule has 0 aromatic heterocycles. The van der Waals surface area contributed by atoms with Gasteiger partial charge in [-0.15, -0.1) is 0 Å². The van der Waals surface area contributed by atoms with E-state index >= 15 is 0 Å². The van der Waals surface area contributed by atoms with E-state index in [0.717, 1.165) is 5.56 Å². The highest BCUT2D eigenvalue weighted by atomic mass is 35.5. The van der Waals surface area contributed by atoms with Crippen LogP contribution in [0.2, 0.25) is 5.02 Å². The third kappa shape index (κ3) is 4.69. The molecule has 0 saturated carbocycles. The molecule has 1 aliphatic rings. The van der Waals surface area contributed by atoms with Crippen LogP contribution < -0.4 is 10.6 Å². The minimum Gasteiger partial charge on any atom is -0.347 e. The molecule has 0 aliphatic carbocycles. The van der Waals surface area contributed by atoms with E-state index < -0.39 is 9.84 Å². The number of nitrogens with one attached hydrogen (secondary N) is 1. The number of halogens is 1. The minimum atomic E-state index is -2.96. The Balaban J connectivity index is 1.80. The van der Waals surface area contributed by atoms with Crippen molar-refractivity contribution in [3.8, 4) is 0 Å². The van der Waals surface area contributed by atoms with E-state index in [4.69, 9.17) is 11.6 Å². The van der Waals surface area contributed by atoms with Gasteiger partial charge in [-0.1, -0.05) is 29.8 Å². The summed E-state index contributed by atoms with van der Waals surface area (Å²) in [5.74, 6) is 0.0762. The van der Waals surface area contributed by atoms with Gasteiger partial charge < -0.3 is 10.6 Å². The Bertz CT molecular complexity index is 618. The highest BCUT2D eigenvalue weighted by Gasteiger charge is 2.29. The van der Waals surface area contributed by atoms with Crippen molar-refractivity contribution < 1.29 is 18.5 Å². The standard InChI is InChI=1S/C14H19ClN2O3S/c1-10(12-4-2-3-5-13(12)15)16-8-14(18)17-11-6-7-21(19,20)9-11/h2-5,10-11,16H,6-9H2,1H3,(H,17,18)/p+1/t10-,11+/m0/s1. The number of hydrogen-bond acceptors (Lipinski definition) is 3. The first-order valence-corrected chi connectivity index (χ1v) is 9.15. The van der Waals surface area contributed by atoms with E-state index in [9.17, 15) is 13.2 Å². The third-order valence-corrected chi connectivity index (χ3v) is 5.76. The van der Waals surface area contributed by atoms with Crippen molar-refractivity contribution in [1.29, 1.82) is 0 Å². The van der Waals surface area contributed by atoms with E-state index in [1.807, 2.05) is 36.5 Å². The number of carbonyl (C=O) groups is 1. The van der Waals surface area contributed by atoms with Crippen molar-refractivity contribution in [3.05, 3.63) is 34.9 Å². The zero-order valence-corrected chi connectivity index (χ0v) is 13.5. The SMILES string of the molecule is C[C@H]([NH2+]CC(=O)N[C@@H]1CCS(=O)(=O)C1)c1ccccc1Cl. The number of rotatable bonds is 5. The second-order valence-electron chi connectivity index (χ2n) is 5.42. The van der Waals surface area contributed by atoms with Gasteiger partial charge in [-0.25, -0.2) is 8.42 Å². The summed E-state index contributed by atoms with van der Waals surface area (Å²) in [6.07, 6.45) is 0.508. The summed E-state index contributed by atoms with van der Waals surface area (Å²) >= 11 is 6.12. The average molecular weight is 332 g/mol. The van der Waals surface area contributed by atoms with Gasteiger partial charge in [-0.05, 0) is 19.4 Å². The summed E-state index contributed by atoms with van der Waals surface area (Å²) in [4.78, 5) is 11.9. The third-order valence-electron chi connectivity index (χ3n) is 3.65. The Morgan fingerprint density at radius 1 is 1.48 bits per heavy atom. The Hall–Kier alpha value is -1.11. The Morgan fingerprint density at radius 2 is 2.19 bits per heavy atom. The van der Waals surface area contributed by atoms with Crippen molar-refractivity contribution in [1.82, 2.24) is 5.32 Å². The van der Waals surface area contributed by atoms with E-state index in [0.29, 0.717) is 11.4 Å². The zero-order valence-electron chi connectivity index (χ0n) is 11.9. The number of quaternary nitrogens is 1. The van der Waals surface area contributed by atoms with Gasteiger partial charge in [0.15, 0.2) is 16.4 Å². The van der Waals surface area contributed by atoms with E-state index in [-0.39, 0.29) is 36.0 Å². The molecule has 1 fully saturated rings. The molecule has 5 nitrogen and oxygen atoms in total. The number of hydrogen-bond donors (Lipinski definition) is 2. The van der Waals surface area contributed by atoms with Crippen LogP contribution in [0.5, 0.6) is 0 Å². The second-order valence-corrected chi connectivity index (χ2v) is 8.05. The molecule has 1 heterocycles. The lowest BCUT2D eigenvalue weighted by Crippen LogP contribution is -2.87. The van der Waals surface area contributed by atoms with Gasteiger partial charge in [0, 0.05) is 16.6 Å². The summed E-state index contributed by atoms with van der Waals surface area (Å²) in [6, 6.07) is 7.36.